The molecule has 0 amide bonds. The molecule has 0 atom stereocenters. The Labute approximate surface area is 128 Å². The highest BCUT2D eigenvalue weighted by Gasteiger charge is 2.14. The molecule has 1 aromatic carbocycles. The van der Waals surface area contributed by atoms with Gasteiger partial charge < -0.3 is 0 Å². The molecule has 0 saturated heterocycles. The molecule has 1 aliphatic carbocycles. The molecule has 3 aromatic rings. The van der Waals surface area contributed by atoms with Crippen LogP contribution in [0.5, 0.6) is 0 Å². The number of aryl methyl sites for hydroxylation is 2. The van der Waals surface area contributed by atoms with E-state index in [0.29, 0.717) is 17.6 Å². The summed E-state index contributed by atoms with van der Waals surface area (Å²) in [5.74, 6) is 0. The van der Waals surface area contributed by atoms with Gasteiger partial charge in [0.15, 0.2) is 5.65 Å². The maximum atomic E-state index is 12.7. The Morgan fingerprint density at radius 1 is 1.09 bits per heavy atom. The SMILES string of the molecule is O=c1c2cc3c(nc2ncn1Cc1ccccc1)CCCC3. The molecule has 4 rings (SSSR count). The molecule has 4 heteroatoms. The van der Waals surface area contributed by atoms with Crippen molar-refractivity contribution in [3.05, 3.63) is 69.9 Å². The van der Waals surface area contributed by atoms with Crippen LogP contribution < -0.4 is 5.56 Å². The van der Waals surface area contributed by atoms with Crippen LogP contribution in [0.25, 0.3) is 11.0 Å². The van der Waals surface area contributed by atoms with Crippen molar-refractivity contribution in [1.82, 2.24) is 14.5 Å². The van der Waals surface area contributed by atoms with Gasteiger partial charge >= 0.3 is 0 Å². The van der Waals surface area contributed by atoms with E-state index in [9.17, 15) is 4.79 Å². The number of benzene rings is 1. The molecule has 0 N–H and O–H groups in total. The van der Waals surface area contributed by atoms with Gasteiger partial charge in [-0.3, -0.25) is 9.36 Å². The van der Waals surface area contributed by atoms with E-state index < -0.39 is 0 Å². The van der Waals surface area contributed by atoms with Crippen molar-refractivity contribution >= 4 is 11.0 Å². The summed E-state index contributed by atoms with van der Waals surface area (Å²) in [5, 5.41) is 0.638. The largest absolute Gasteiger partial charge is 0.294 e. The molecular weight excluding hydrogens is 274 g/mol. The summed E-state index contributed by atoms with van der Waals surface area (Å²) in [6.45, 7) is 0.541. The van der Waals surface area contributed by atoms with Crippen LogP contribution >= 0.6 is 0 Å². The van der Waals surface area contributed by atoms with Gasteiger partial charge in [-0.15, -0.1) is 0 Å². The third-order valence-electron chi connectivity index (χ3n) is 4.29. The van der Waals surface area contributed by atoms with E-state index in [0.717, 1.165) is 24.1 Å². The van der Waals surface area contributed by atoms with E-state index in [1.165, 1.54) is 18.4 Å². The van der Waals surface area contributed by atoms with Gasteiger partial charge in [-0.2, -0.15) is 0 Å². The minimum Gasteiger partial charge on any atom is -0.294 e. The first-order valence-corrected chi connectivity index (χ1v) is 7.73. The number of hydrogen-bond acceptors (Lipinski definition) is 3. The van der Waals surface area contributed by atoms with Crippen molar-refractivity contribution in [3.8, 4) is 0 Å². The zero-order valence-electron chi connectivity index (χ0n) is 12.3. The first-order valence-electron chi connectivity index (χ1n) is 7.73. The third kappa shape index (κ3) is 2.30. The highest BCUT2D eigenvalue weighted by atomic mass is 16.1. The van der Waals surface area contributed by atoms with Crippen molar-refractivity contribution in [3.63, 3.8) is 0 Å². The molecule has 2 aromatic heterocycles. The highest BCUT2D eigenvalue weighted by molar-refractivity contribution is 5.74. The third-order valence-corrected chi connectivity index (χ3v) is 4.29. The fraction of sp³-hybridized carbons (Fsp3) is 0.278. The minimum absolute atomic E-state index is 0.00488. The zero-order valence-corrected chi connectivity index (χ0v) is 12.3. The van der Waals surface area contributed by atoms with E-state index in [1.54, 1.807) is 10.9 Å². The number of hydrogen-bond donors (Lipinski definition) is 0. The van der Waals surface area contributed by atoms with E-state index in [4.69, 9.17) is 0 Å². The second-order valence-electron chi connectivity index (χ2n) is 5.84. The summed E-state index contributed by atoms with van der Waals surface area (Å²) >= 11 is 0. The average Bonchev–Trinajstić information content (AvgIpc) is 2.57. The fourth-order valence-corrected chi connectivity index (χ4v) is 3.10. The Balaban J connectivity index is 1.81. The predicted molar refractivity (Wildman–Crippen MR) is 86.0 cm³/mol. The van der Waals surface area contributed by atoms with Crippen LogP contribution in [0.4, 0.5) is 0 Å². The molecule has 0 saturated carbocycles. The van der Waals surface area contributed by atoms with Gasteiger partial charge in [0.2, 0.25) is 0 Å². The van der Waals surface area contributed by atoms with Crippen LogP contribution in [-0.2, 0) is 19.4 Å². The monoisotopic (exact) mass is 291 g/mol. The topological polar surface area (TPSA) is 47.8 Å². The lowest BCUT2D eigenvalue weighted by molar-refractivity contribution is 0.669. The first kappa shape index (κ1) is 13.2. The molecule has 0 radical (unpaired) electrons. The number of fused-ring (bicyclic) bond motifs is 2. The van der Waals surface area contributed by atoms with Crippen LogP contribution in [0.2, 0.25) is 0 Å². The summed E-state index contributed by atoms with van der Waals surface area (Å²) in [5.41, 5.74) is 4.00. The van der Waals surface area contributed by atoms with Crippen LogP contribution in [0, 0.1) is 0 Å². The molecule has 22 heavy (non-hydrogen) atoms. The molecule has 4 nitrogen and oxygen atoms in total. The maximum absolute atomic E-state index is 12.7. The lowest BCUT2D eigenvalue weighted by atomic mass is 9.95. The van der Waals surface area contributed by atoms with Gasteiger partial charge in [0.05, 0.1) is 11.9 Å². The Kier molecular flexibility index (Phi) is 3.22. The van der Waals surface area contributed by atoms with Crippen molar-refractivity contribution < 1.29 is 0 Å². The molecular formula is C18H17N3O. The molecule has 0 spiro atoms. The van der Waals surface area contributed by atoms with Gasteiger partial charge in [-0.25, -0.2) is 9.97 Å². The predicted octanol–water partition coefficient (Wildman–Crippen LogP) is 2.72. The van der Waals surface area contributed by atoms with Gasteiger partial charge in [-0.05, 0) is 42.9 Å². The van der Waals surface area contributed by atoms with Gasteiger partial charge in [0.1, 0.15) is 6.33 Å². The summed E-state index contributed by atoms with van der Waals surface area (Å²) in [4.78, 5) is 21.7. The van der Waals surface area contributed by atoms with Gasteiger partial charge in [0.25, 0.3) is 5.56 Å². The van der Waals surface area contributed by atoms with Crippen molar-refractivity contribution in [1.29, 1.82) is 0 Å². The lowest BCUT2D eigenvalue weighted by Gasteiger charge is -2.15. The second kappa shape index (κ2) is 5.37. The summed E-state index contributed by atoms with van der Waals surface area (Å²) in [7, 11) is 0. The molecule has 110 valence electrons. The maximum Gasteiger partial charge on any atom is 0.263 e. The molecule has 0 bridgehead atoms. The standard InChI is InChI=1S/C18H17N3O/c22-18-15-10-14-8-4-5-9-16(14)20-17(15)19-12-21(18)11-13-6-2-1-3-7-13/h1-3,6-7,10,12H,4-5,8-9,11H2. The Bertz CT molecular complexity index is 884. The van der Waals surface area contributed by atoms with E-state index in [1.807, 2.05) is 36.4 Å². The highest BCUT2D eigenvalue weighted by Crippen LogP contribution is 2.21. The number of nitrogens with zero attached hydrogens (tertiary/aromatic N) is 3. The lowest BCUT2D eigenvalue weighted by Crippen LogP contribution is -2.22. The van der Waals surface area contributed by atoms with Crippen LogP contribution in [0.1, 0.15) is 29.7 Å². The fourth-order valence-electron chi connectivity index (χ4n) is 3.10. The zero-order chi connectivity index (χ0) is 14.9. The van der Waals surface area contributed by atoms with E-state index in [-0.39, 0.29) is 5.56 Å². The Morgan fingerprint density at radius 2 is 1.91 bits per heavy atom. The van der Waals surface area contributed by atoms with Crippen LogP contribution in [0.15, 0.2) is 47.5 Å². The first-order chi connectivity index (χ1) is 10.8. The van der Waals surface area contributed by atoms with Gasteiger partial charge in [0, 0.05) is 5.69 Å². The van der Waals surface area contributed by atoms with Crippen molar-refractivity contribution in [2.45, 2.75) is 32.2 Å². The molecule has 0 unspecified atom stereocenters. The van der Waals surface area contributed by atoms with E-state index >= 15 is 0 Å². The van der Waals surface area contributed by atoms with Crippen molar-refractivity contribution in [2.24, 2.45) is 0 Å². The smallest absolute Gasteiger partial charge is 0.263 e. The quantitative estimate of drug-likeness (QED) is 0.729. The Hall–Kier alpha value is -2.49. The normalized spacial score (nSPS) is 14.0. The summed E-state index contributed by atoms with van der Waals surface area (Å²) < 4.78 is 1.66. The second-order valence-corrected chi connectivity index (χ2v) is 5.84. The summed E-state index contributed by atoms with van der Waals surface area (Å²) in [6, 6.07) is 12.0. The average molecular weight is 291 g/mol. The molecule has 1 aliphatic rings. The number of pyridine rings is 1. The molecule has 2 heterocycles. The van der Waals surface area contributed by atoms with Gasteiger partial charge in [-0.1, -0.05) is 30.3 Å². The number of rotatable bonds is 2. The minimum atomic E-state index is -0.00488. The molecule has 0 aliphatic heterocycles. The van der Waals surface area contributed by atoms with Crippen LogP contribution in [0.3, 0.4) is 0 Å². The summed E-state index contributed by atoms with van der Waals surface area (Å²) in [6.07, 6.45) is 5.99. The number of aromatic nitrogens is 3. The molecule has 0 fully saturated rings. The van der Waals surface area contributed by atoms with Crippen LogP contribution in [-0.4, -0.2) is 14.5 Å². The van der Waals surface area contributed by atoms with E-state index in [2.05, 4.69) is 9.97 Å². The van der Waals surface area contributed by atoms with Crippen molar-refractivity contribution in [2.75, 3.05) is 0 Å². The Morgan fingerprint density at radius 3 is 2.77 bits per heavy atom.